The van der Waals surface area contributed by atoms with Gasteiger partial charge in [0.2, 0.25) is 0 Å². The van der Waals surface area contributed by atoms with Crippen molar-refractivity contribution in [3.8, 4) is 56.4 Å². The Kier molecular flexibility index (Phi) is 5.80. The predicted octanol–water partition coefficient (Wildman–Crippen LogP) is 10.00. The average molecular weight is 552 g/mol. The zero-order valence-electron chi connectivity index (χ0n) is 24.1. The number of nitrogens with zero attached hydrogens (tertiary/aromatic N) is 3. The Morgan fingerprint density at radius 1 is 0.419 bits per heavy atom. The largest absolute Gasteiger partial charge is 0.208 e. The Balaban J connectivity index is 1.30. The van der Waals surface area contributed by atoms with Crippen LogP contribution < -0.4 is 0 Å². The standard InChI is InChI=1S/C40H29N3/c1-40(2)33-20-12-11-19-32(33)36-34(40)25-30-17-9-10-18-31(30)35(36)26-21-23-29(24-22-26)39-42-37(27-13-5-3-6-14-27)41-38(43-39)28-15-7-4-8-16-28/h3-25H,1-2H3. The van der Waals surface area contributed by atoms with Gasteiger partial charge in [0.05, 0.1) is 0 Å². The number of hydrogen-bond donors (Lipinski definition) is 0. The van der Waals surface area contributed by atoms with E-state index in [0.717, 1.165) is 16.7 Å². The van der Waals surface area contributed by atoms with Crippen molar-refractivity contribution in [2.75, 3.05) is 0 Å². The van der Waals surface area contributed by atoms with E-state index in [9.17, 15) is 0 Å². The van der Waals surface area contributed by atoms with Gasteiger partial charge in [0.25, 0.3) is 0 Å². The fraction of sp³-hybridized carbons (Fsp3) is 0.0750. The van der Waals surface area contributed by atoms with E-state index in [0.29, 0.717) is 17.5 Å². The fourth-order valence-corrected chi connectivity index (χ4v) is 6.53. The molecule has 0 aliphatic heterocycles. The van der Waals surface area contributed by atoms with Crippen LogP contribution in [-0.2, 0) is 5.41 Å². The zero-order chi connectivity index (χ0) is 29.0. The Bertz CT molecular complexity index is 2070. The second kappa shape index (κ2) is 9.85. The number of benzene rings is 6. The van der Waals surface area contributed by atoms with Crippen LogP contribution in [0.3, 0.4) is 0 Å². The molecule has 0 saturated heterocycles. The lowest BCUT2D eigenvalue weighted by atomic mass is 9.80. The highest BCUT2D eigenvalue weighted by Crippen LogP contribution is 2.54. The molecule has 0 radical (unpaired) electrons. The molecule has 7 aromatic rings. The smallest absolute Gasteiger partial charge is 0.164 e. The summed E-state index contributed by atoms with van der Waals surface area (Å²) >= 11 is 0. The van der Waals surface area contributed by atoms with Crippen LogP contribution in [0.2, 0.25) is 0 Å². The van der Waals surface area contributed by atoms with Crippen molar-refractivity contribution in [1.29, 1.82) is 0 Å². The van der Waals surface area contributed by atoms with Gasteiger partial charge in [0.15, 0.2) is 17.5 Å². The summed E-state index contributed by atoms with van der Waals surface area (Å²) in [5.41, 5.74) is 10.7. The molecule has 43 heavy (non-hydrogen) atoms. The molecule has 3 nitrogen and oxygen atoms in total. The van der Waals surface area contributed by atoms with E-state index in [1.165, 1.54) is 44.2 Å². The van der Waals surface area contributed by atoms with Crippen molar-refractivity contribution in [2.45, 2.75) is 19.3 Å². The van der Waals surface area contributed by atoms with Crippen LogP contribution in [0.5, 0.6) is 0 Å². The molecule has 204 valence electrons. The van der Waals surface area contributed by atoms with Crippen LogP contribution >= 0.6 is 0 Å². The molecule has 0 amide bonds. The second-order valence-electron chi connectivity index (χ2n) is 11.7. The normalized spacial score (nSPS) is 13.1. The van der Waals surface area contributed by atoms with Gasteiger partial charge in [-0.2, -0.15) is 0 Å². The van der Waals surface area contributed by atoms with Gasteiger partial charge in [0, 0.05) is 22.1 Å². The maximum absolute atomic E-state index is 4.94. The topological polar surface area (TPSA) is 38.7 Å². The highest BCUT2D eigenvalue weighted by atomic mass is 15.0. The summed E-state index contributed by atoms with van der Waals surface area (Å²) in [5, 5.41) is 2.53. The van der Waals surface area contributed by atoms with E-state index in [1.807, 2.05) is 60.7 Å². The van der Waals surface area contributed by atoms with Crippen LogP contribution in [-0.4, -0.2) is 15.0 Å². The van der Waals surface area contributed by atoms with Gasteiger partial charge in [-0.05, 0) is 50.2 Å². The summed E-state index contributed by atoms with van der Waals surface area (Å²) in [7, 11) is 0. The van der Waals surface area contributed by atoms with E-state index in [4.69, 9.17) is 15.0 Å². The molecular formula is C40H29N3. The first kappa shape index (κ1) is 25.3. The third kappa shape index (κ3) is 4.16. The van der Waals surface area contributed by atoms with Crippen LogP contribution in [0, 0.1) is 0 Å². The zero-order valence-corrected chi connectivity index (χ0v) is 24.1. The Morgan fingerprint density at radius 2 is 0.907 bits per heavy atom. The molecule has 0 bridgehead atoms. The second-order valence-corrected chi connectivity index (χ2v) is 11.7. The van der Waals surface area contributed by atoms with Crippen molar-refractivity contribution < 1.29 is 0 Å². The van der Waals surface area contributed by atoms with Gasteiger partial charge >= 0.3 is 0 Å². The summed E-state index contributed by atoms with van der Waals surface area (Å²) in [6.07, 6.45) is 0. The molecule has 0 unspecified atom stereocenters. The van der Waals surface area contributed by atoms with Crippen LogP contribution in [0.1, 0.15) is 25.0 Å². The van der Waals surface area contributed by atoms with Gasteiger partial charge < -0.3 is 0 Å². The lowest BCUT2D eigenvalue weighted by Crippen LogP contribution is -2.14. The van der Waals surface area contributed by atoms with Crippen molar-refractivity contribution >= 4 is 10.8 Å². The monoisotopic (exact) mass is 551 g/mol. The molecule has 1 aliphatic carbocycles. The highest BCUT2D eigenvalue weighted by molar-refractivity contribution is 6.08. The van der Waals surface area contributed by atoms with Gasteiger partial charge in [-0.15, -0.1) is 0 Å². The molecule has 0 saturated carbocycles. The molecule has 0 N–H and O–H groups in total. The van der Waals surface area contributed by atoms with Crippen LogP contribution in [0.15, 0.2) is 140 Å². The summed E-state index contributed by atoms with van der Waals surface area (Å²) in [6, 6.07) is 49.0. The quantitative estimate of drug-likeness (QED) is 0.218. The van der Waals surface area contributed by atoms with Crippen LogP contribution in [0.25, 0.3) is 67.2 Å². The fourth-order valence-electron chi connectivity index (χ4n) is 6.53. The molecule has 1 aromatic heterocycles. The maximum Gasteiger partial charge on any atom is 0.164 e. The minimum atomic E-state index is -0.0722. The summed E-state index contributed by atoms with van der Waals surface area (Å²) in [6.45, 7) is 4.68. The first-order valence-electron chi connectivity index (χ1n) is 14.7. The SMILES string of the molecule is CC1(C)c2ccccc2-c2c1cc1ccccc1c2-c1ccc(-c2nc(-c3ccccc3)nc(-c3ccccc3)n2)cc1. The van der Waals surface area contributed by atoms with Crippen LogP contribution in [0.4, 0.5) is 0 Å². The van der Waals surface area contributed by atoms with Crippen molar-refractivity contribution in [2.24, 2.45) is 0 Å². The number of hydrogen-bond acceptors (Lipinski definition) is 3. The van der Waals surface area contributed by atoms with Gasteiger partial charge in [-0.25, -0.2) is 15.0 Å². The summed E-state index contributed by atoms with van der Waals surface area (Å²) in [5.74, 6) is 1.99. The molecule has 8 rings (SSSR count). The highest BCUT2D eigenvalue weighted by Gasteiger charge is 2.37. The molecule has 0 fully saturated rings. The van der Waals surface area contributed by atoms with Crippen molar-refractivity contribution in [3.05, 3.63) is 151 Å². The van der Waals surface area contributed by atoms with E-state index in [2.05, 4.69) is 92.7 Å². The molecule has 6 aromatic carbocycles. The first-order chi connectivity index (χ1) is 21.1. The Hall–Kier alpha value is -5.41. The van der Waals surface area contributed by atoms with Crippen molar-refractivity contribution in [3.63, 3.8) is 0 Å². The number of aromatic nitrogens is 3. The summed E-state index contributed by atoms with van der Waals surface area (Å²) < 4.78 is 0. The Labute approximate surface area is 251 Å². The minimum Gasteiger partial charge on any atom is -0.208 e. The van der Waals surface area contributed by atoms with Gasteiger partial charge in [-0.1, -0.05) is 147 Å². The third-order valence-electron chi connectivity index (χ3n) is 8.72. The predicted molar refractivity (Wildman–Crippen MR) is 177 cm³/mol. The van der Waals surface area contributed by atoms with E-state index in [1.54, 1.807) is 0 Å². The van der Waals surface area contributed by atoms with Gasteiger partial charge in [0.1, 0.15) is 0 Å². The lowest BCUT2D eigenvalue weighted by molar-refractivity contribution is 0.661. The first-order valence-corrected chi connectivity index (χ1v) is 14.7. The minimum absolute atomic E-state index is 0.0722. The molecule has 1 aliphatic rings. The molecule has 0 atom stereocenters. The van der Waals surface area contributed by atoms with E-state index in [-0.39, 0.29) is 5.41 Å². The lowest BCUT2D eigenvalue weighted by Gasteiger charge is -2.23. The molecule has 3 heteroatoms. The third-order valence-corrected chi connectivity index (χ3v) is 8.72. The number of fused-ring (bicyclic) bond motifs is 4. The number of rotatable bonds is 4. The maximum atomic E-state index is 4.94. The van der Waals surface area contributed by atoms with Gasteiger partial charge in [-0.3, -0.25) is 0 Å². The van der Waals surface area contributed by atoms with Crippen molar-refractivity contribution in [1.82, 2.24) is 15.0 Å². The Morgan fingerprint density at radius 3 is 1.53 bits per heavy atom. The van der Waals surface area contributed by atoms with E-state index < -0.39 is 0 Å². The molecule has 0 spiro atoms. The van der Waals surface area contributed by atoms with E-state index >= 15 is 0 Å². The molecule has 1 heterocycles. The molecular weight excluding hydrogens is 522 g/mol. The average Bonchev–Trinajstić information content (AvgIpc) is 3.30. The summed E-state index contributed by atoms with van der Waals surface area (Å²) in [4.78, 5) is 14.7.